The quantitative estimate of drug-likeness (QED) is 0.0262. The molecule has 0 N–H and O–H groups in total. The van der Waals surface area contributed by atoms with Gasteiger partial charge in [-0.15, -0.1) is 0 Å². The van der Waals surface area contributed by atoms with Crippen LogP contribution in [0.25, 0.3) is 0 Å². The van der Waals surface area contributed by atoms with Crippen LogP contribution in [0.2, 0.25) is 0 Å². The highest BCUT2D eigenvalue weighted by atomic mass is 16.6. The van der Waals surface area contributed by atoms with E-state index in [9.17, 15) is 14.4 Å². The summed E-state index contributed by atoms with van der Waals surface area (Å²) in [6.07, 6.45) is 67.8. The lowest BCUT2D eigenvalue weighted by molar-refractivity contribution is -0.167. The van der Waals surface area contributed by atoms with Crippen molar-refractivity contribution in [1.82, 2.24) is 0 Å². The van der Waals surface area contributed by atoms with Crippen LogP contribution in [0.3, 0.4) is 0 Å². The van der Waals surface area contributed by atoms with Crippen LogP contribution in [0.5, 0.6) is 0 Å². The fourth-order valence-electron chi connectivity index (χ4n) is 7.92. The van der Waals surface area contributed by atoms with Crippen LogP contribution in [0.15, 0.2) is 60.8 Å². The van der Waals surface area contributed by atoms with Crippen LogP contribution in [-0.2, 0) is 28.6 Å². The van der Waals surface area contributed by atoms with Crippen molar-refractivity contribution in [3.05, 3.63) is 60.8 Å². The summed E-state index contributed by atoms with van der Waals surface area (Å²) >= 11 is 0. The topological polar surface area (TPSA) is 78.9 Å². The Morgan fingerprint density at radius 1 is 0.303 bits per heavy atom. The molecular formula is C60H106O6. The Morgan fingerprint density at radius 3 is 0.939 bits per heavy atom. The SMILES string of the molecule is CCC/C=C\C/C=C\CCCCCCCC(=O)OC(COC(=O)CCCCCCC/C=C\CCCCC)COC(=O)CCCCCCCCCCCCC/C=C\C/C=C\CCCCCCC. The number of allylic oxidation sites excluding steroid dienone is 10. The molecule has 0 radical (unpaired) electrons. The lowest BCUT2D eigenvalue weighted by Gasteiger charge is -2.18. The highest BCUT2D eigenvalue weighted by molar-refractivity contribution is 5.71. The van der Waals surface area contributed by atoms with Crippen molar-refractivity contribution in [3.8, 4) is 0 Å². The first-order valence-electron chi connectivity index (χ1n) is 28.3. The second kappa shape index (κ2) is 54.7. The molecular weight excluding hydrogens is 817 g/mol. The minimum Gasteiger partial charge on any atom is -0.462 e. The maximum Gasteiger partial charge on any atom is 0.306 e. The van der Waals surface area contributed by atoms with Crippen LogP contribution < -0.4 is 0 Å². The number of esters is 3. The Labute approximate surface area is 409 Å². The minimum absolute atomic E-state index is 0.0829. The molecule has 0 saturated heterocycles. The molecule has 382 valence electrons. The Hall–Kier alpha value is -2.89. The van der Waals surface area contributed by atoms with Gasteiger partial charge in [0.1, 0.15) is 13.2 Å². The van der Waals surface area contributed by atoms with Crippen molar-refractivity contribution in [1.29, 1.82) is 0 Å². The molecule has 0 rings (SSSR count). The maximum absolute atomic E-state index is 12.8. The van der Waals surface area contributed by atoms with E-state index in [1.165, 1.54) is 141 Å². The molecule has 0 aliphatic carbocycles. The normalized spacial score (nSPS) is 12.5. The molecule has 0 aliphatic heterocycles. The Morgan fingerprint density at radius 2 is 0.576 bits per heavy atom. The van der Waals surface area contributed by atoms with Gasteiger partial charge in [-0.3, -0.25) is 14.4 Å². The summed E-state index contributed by atoms with van der Waals surface area (Å²) in [5.74, 6) is -0.902. The predicted octanol–water partition coefficient (Wildman–Crippen LogP) is 18.8. The Balaban J connectivity index is 4.28. The van der Waals surface area contributed by atoms with Crippen LogP contribution >= 0.6 is 0 Å². The largest absolute Gasteiger partial charge is 0.462 e. The summed E-state index contributed by atoms with van der Waals surface area (Å²) in [5.41, 5.74) is 0. The summed E-state index contributed by atoms with van der Waals surface area (Å²) < 4.78 is 16.8. The zero-order valence-corrected chi connectivity index (χ0v) is 43.7. The van der Waals surface area contributed by atoms with Gasteiger partial charge in [0.2, 0.25) is 0 Å². The number of rotatable bonds is 51. The molecule has 0 aromatic heterocycles. The van der Waals surface area contributed by atoms with Crippen LogP contribution in [0, 0.1) is 0 Å². The fourth-order valence-corrected chi connectivity index (χ4v) is 7.92. The van der Waals surface area contributed by atoms with Crippen LogP contribution in [-0.4, -0.2) is 37.2 Å². The molecule has 66 heavy (non-hydrogen) atoms. The second-order valence-electron chi connectivity index (χ2n) is 18.8. The molecule has 0 spiro atoms. The molecule has 0 aromatic rings. The van der Waals surface area contributed by atoms with Gasteiger partial charge in [0.25, 0.3) is 0 Å². The molecule has 6 heteroatoms. The molecule has 0 heterocycles. The van der Waals surface area contributed by atoms with E-state index in [1.54, 1.807) is 0 Å². The smallest absolute Gasteiger partial charge is 0.306 e. The van der Waals surface area contributed by atoms with Gasteiger partial charge >= 0.3 is 17.9 Å². The number of ether oxygens (including phenoxy) is 3. The number of carbonyl (C=O) groups excluding carboxylic acids is 3. The fraction of sp³-hybridized carbons (Fsp3) is 0.783. The molecule has 1 atom stereocenters. The van der Waals surface area contributed by atoms with Gasteiger partial charge in [0, 0.05) is 19.3 Å². The number of unbranched alkanes of at least 4 members (excludes halogenated alkanes) is 30. The number of hydrogen-bond acceptors (Lipinski definition) is 6. The van der Waals surface area contributed by atoms with Gasteiger partial charge in [-0.25, -0.2) is 0 Å². The summed E-state index contributed by atoms with van der Waals surface area (Å²) in [7, 11) is 0. The molecule has 0 bridgehead atoms. The molecule has 0 fully saturated rings. The lowest BCUT2D eigenvalue weighted by Crippen LogP contribution is -2.30. The first kappa shape index (κ1) is 63.1. The monoisotopic (exact) mass is 923 g/mol. The first-order chi connectivity index (χ1) is 32.5. The average molecular weight is 924 g/mol. The van der Waals surface area contributed by atoms with Crippen molar-refractivity contribution in [2.24, 2.45) is 0 Å². The van der Waals surface area contributed by atoms with E-state index >= 15 is 0 Å². The van der Waals surface area contributed by atoms with Crippen molar-refractivity contribution in [2.45, 2.75) is 290 Å². The summed E-state index contributed by atoms with van der Waals surface area (Å²) in [6, 6.07) is 0. The zero-order valence-electron chi connectivity index (χ0n) is 43.7. The molecule has 1 unspecified atom stereocenters. The highest BCUT2D eigenvalue weighted by Crippen LogP contribution is 2.15. The van der Waals surface area contributed by atoms with Gasteiger partial charge in [0.15, 0.2) is 6.10 Å². The average Bonchev–Trinajstić information content (AvgIpc) is 3.31. The van der Waals surface area contributed by atoms with Crippen molar-refractivity contribution in [3.63, 3.8) is 0 Å². The predicted molar refractivity (Wildman–Crippen MR) is 284 cm³/mol. The van der Waals surface area contributed by atoms with E-state index in [4.69, 9.17) is 14.2 Å². The molecule has 0 aromatic carbocycles. The van der Waals surface area contributed by atoms with Gasteiger partial charge in [-0.05, 0) is 103 Å². The van der Waals surface area contributed by atoms with Gasteiger partial charge < -0.3 is 14.2 Å². The standard InChI is InChI=1S/C60H106O6/c1-4-7-10-13-16-19-22-25-26-27-28-29-30-31-32-33-34-36-38-41-44-47-50-53-59(62)65-56-57(55-64-58(61)52-49-46-43-40-37-24-21-18-15-12-9-6-3)66-60(63)54-51-48-45-42-39-35-23-20-17-14-11-8-5-2/h11,14,18,20-23,25,27-28,57H,4-10,12-13,15-17,19,24,26,29-56H2,1-3H3/b14-11-,21-18-,23-20-,25-22-,28-27-. The van der Waals surface area contributed by atoms with Crippen molar-refractivity contribution in [2.75, 3.05) is 13.2 Å². The van der Waals surface area contributed by atoms with Crippen LogP contribution in [0.4, 0.5) is 0 Å². The summed E-state index contributed by atoms with van der Waals surface area (Å²) in [4.78, 5) is 38.0. The summed E-state index contributed by atoms with van der Waals surface area (Å²) in [6.45, 7) is 6.54. The third kappa shape index (κ3) is 52.1. The highest BCUT2D eigenvalue weighted by Gasteiger charge is 2.19. The van der Waals surface area contributed by atoms with E-state index in [-0.39, 0.29) is 31.1 Å². The zero-order chi connectivity index (χ0) is 47.9. The maximum atomic E-state index is 12.8. The van der Waals surface area contributed by atoms with E-state index in [0.717, 1.165) is 103 Å². The second-order valence-corrected chi connectivity index (χ2v) is 18.8. The van der Waals surface area contributed by atoms with E-state index in [2.05, 4.69) is 81.5 Å². The first-order valence-corrected chi connectivity index (χ1v) is 28.3. The van der Waals surface area contributed by atoms with Gasteiger partial charge in [0.05, 0.1) is 0 Å². The molecule has 0 aliphatic rings. The molecule has 0 amide bonds. The van der Waals surface area contributed by atoms with Crippen molar-refractivity contribution < 1.29 is 28.6 Å². The molecule has 6 nitrogen and oxygen atoms in total. The Bertz CT molecular complexity index is 1200. The number of hydrogen-bond donors (Lipinski definition) is 0. The lowest BCUT2D eigenvalue weighted by atomic mass is 10.0. The van der Waals surface area contributed by atoms with Gasteiger partial charge in [-0.2, -0.15) is 0 Å². The minimum atomic E-state index is -0.784. The molecule has 0 saturated carbocycles. The Kier molecular flexibility index (Phi) is 52.3. The van der Waals surface area contributed by atoms with Crippen molar-refractivity contribution >= 4 is 17.9 Å². The third-order valence-electron chi connectivity index (χ3n) is 12.2. The van der Waals surface area contributed by atoms with E-state index in [1.807, 2.05) is 0 Å². The van der Waals surface area contributed by atoms with E-state index < -0.39 is 6.10 Å². The van der Waals surface area contributed by atoms with E-state index in [0.29, 0.717) is 19.3 Å². The van der Waals surface area contributed by atoms with Gasteiger partial charge in [-0.1, -0.05) is 223 Å². The summed E-state index contributed by atoms with van der Waals surface area (Å²) in [5, 5.41) is 0. The third-order valence-corrected chi connectivity index (χ3v) is 12.2. The number of carbonyl (C=O) groups is 3. The van der Waals surface area contributed by atoms with Crippen LogP contribution in [0.1, 0.15) is 284 Å².